The van der Waals surface area contributed by atoms with Crippen LogP contribution in [-0.4, -0.2) is 4.98 Å². The Bertz CT molecular complexity index is 751. The molecule has 18 heavy (non-hydrogen) atoms. The third kappa shape index (κ3) is 1.71. The van der Waals surface area contributed by atoms with Gasteiger partial charge in [0, 0.05) is 15.4 Å². The van der Waals surface area contributed by atoms with Crippen molar-refractivity contribution in [2.45, 2.75) is 0 Å². The van der Waals surface area contributed by atoms with Crippen molar-refractivity contribution in [2.75, 3.05) is 0 Å². The minimum Gasteiger partial charge on any atom is -0.353 e. The molecule has 1 heterocycles. The molecule has 0 unspecified atom stereocenters. The molecule has 86 valence electrons. The van der Waals surface area contributed by atoms with E-state index in [4.69, 9.17) is 0 Å². The van der Waals surface area contributed by atoms with Gasteiger partial charge in [-0.1, -0.05) is 46.3 Å². The van der Waals surface area contributed by atoms with Crippen LogP contribution in [0.15, 0.2) is 53.0 Å². The molecule has 0 fully saturated rings. The Balaban J connectivity index is 2.34. The number of nitrogens with one attached hydrogen (secondary N) is 1. The lowest BCUT2D eigenvalue weighted by molar-refractivity contribution is 1.43. The molecule has 2 aromatic carbocycles. The molecule has 0 radical (unpaired) electrons. The van der Waals surface area contributed by atoms with Crippen LogP contribution in [0.2, 0.25) is 0 Å². The van der Waals surface area contributed by atoms with E-state index in [0.717, 1.165) is 26.6 Å². The summed E-state index contributed by atoms with van der Waals surface area (Å²) in [5, 5.41) is 10.3. The molecule has 0 aliphatic heterocycles. The Morgan fingerprint density at radius 1 is 1.06 bits per heavy atom. The second kappa shape index (κ2) is 4.32. The third-order valence-corrected chi connectivity index (χ3v) is 3.43. The van der Waals surface area contributed by atoms with Gasteiger partial charge >= 0.3 is 0 Å². The first-order chi connectivity index (χ1) is 8.79. The third-order valence-electron chi connectivity index (χ3n) is 2.93. The van der Waals surface area contributed by atoms with Crippen LogP contribution in [0.5, 0.6) is 0 Å². The highest BCUT2D eigenvalue weighted by molar-refractivity contribution is 9.10. The van der Waals surface area contributed by atoms with Crippen LogP contribution < -0.4 is 0 Å². The molecule has 0 amide bonds. The Hall–Kier alpha value is -2.05. The second-order valence-electron chi connectivity index (χ2n) is 4.04. The van der Waals surface area contributed by atoms with Crippen LogP contribution in [-0.2, 0) is 0 Å². The molecule has 1 aromatic heterocycles. The first-order valence-corrected chi connectivity index (χ1v) is 6.35. The molecule has 0 bridgehead atoms. The van der Waals surface area contributed by atoms with Gasteiger partial charge in [0.05, 0.1) is 11.3 Å². The number of benzene rings is 2. The molecule has 2 nitrogen and oxygen atoms in total. The minimum absolute atomic E-state index is 0.692. The van der Waals surface area contributed by atoms with Crippen LogP contribution in [0, 0.1) is 11.3 Å². The number of fused-ring (bicyclic) bond motifs is 1. The Kier molecular flexibility index (Phi) is 2.66. The summed E-state index contributed by atoms with van der Waals surface area (Å²) in [4.78, 5) is 3.32. The summed E-state index contributed by atoms with van der Waals surface area (Å²) >= 11 is 3.44. The van der Waals surface area contributed by atoms with E-state index < -0.39 is 0 Å². The number of halogens is 1. The summed E-state index contributed by atoms with van der Waals surface area (Å²) in [6.45, 7) is 0. The van der Waals surface area contributed by atoms with Crippen LogP contribution in [0.4, 0.5) is 0 Å². The molecule has 0 aliphatic rings. The fraction of sp³-hybridized carbons (Fsp3) is 0. The predicted octanol–water partition coefficient (Wildman–Crippen LogP) is 4.47. The summed E-state index contributed by atoms with van der Waals surface area (Å²) in [6, 6.07) is 18.1. The smallest absolute Gasteiger partial charge is 0.102 e. The maximum atomic E-state index is 9.37. The number of H-pyrrole nitrogens is 1. The van der Waals surface area contributed by atoms with Crippen molar-refractivity contribution in [1.29, 1.82) is 5.26 Å². The van der Waals surface area contributed by atoms with Gasteiger partial charge in [-0.15, -0.1) is 0 Å². The van der Waals surface area contributed by atoms with Gasteiger partial charge < -0.3 is 4.98 Å². The summed E-state index contributed by atoms with van der Waals surface area (Å²) < 4.78 is 0.977. The highest BCUT2D eigenvalue weighted by Gasteiger charge is 2.12. The van der Waals surface area contributed by atoms with E-state index in [1.807, 2.05) is 48.5 Å². The van der Waals surface area contributed by atoms with Gasteiger partial charge in [-0.25, -0.2) is 0 Å². The largest absolute Gasteiger partial charge is 0.353 e. The van der Waals surface area contributed by atoms with Gasteiger partial charge in [0.1, 0.15) is 6.07 Å². The summed E-state index contributed by atoms with van der Waals surface area (Å²) in [6.07, 6.45) is 0. The highest BCUT2D eigenvalue weighted by atomic mass is 79.9. The average Bonchev–Trinajstić information content (AvgIpc) is 2.77. The van der Waals surface area contributed by atoms with Crippen molar-refractivity contribution in [1.82, 2.24) is 4.98 Å². The fourth-order valence-corrected chi connectivity index (χ4v) is 2.46. The normalized spacial score (nSPS) is 10.4. The van der Waals surface area contributed by atoms with E-state index in [2.05, 4.69) is 27.0 Å². The molecule has 0 saturated carbocycles. The van der Waals surface area contributed by atoms with Crippen LogP contribution in [0.1, 0.15) is 5.56 Å². The zero-order valence-corrected chi connectivity index (χ0v) is 11.0. The summed E-state index contributed by atoms with van der Waals surface area (Å²) in [7, 11) is 0. The van der Waals surface area contributed by atoms with Crippen molar-refractivity contribution >= 4 is 26.8 Å². The molecule has 3 aromatic rings. The Morgan fingerprint density at radius 3 is 2.56 bits per heavy atom. The second-order valence-corrected chi connectivity index (χ2v) is 4.96. The van der Waals surface area contributed by atoms with E-state index in [1.54, 1.807) is 0 Å². The predicted molar refractivity (Wildman–Crippen MR) is 76.1 cm³/mol. The molecule has 0 atom stereocenters. The van der Waals surface area contributed by atoms with Crippen molar-refractivity contribution in [3.8, 4) is 17.3 Å². The van der Waals surface area contributed by atoms with Crippen molar-refractivity contribution in [2.24, 2.45) is 0 Å². The van der Waals surface area contributed by atoms with Gasteiger partial charge in [0.2, 0.25) is 0 Å². The number of hydrogen-bond acceptors (Lipinski definition) is 1. The number of aromatic nitrogens is 1. The SMILES string of the molecule is N#Cc1c(-c2ccccc2)[nH]c2ccc(Br)cc12. The fourth-order valence-electron chi connectivity index (χ4n) is 2.10. The quantitative estimate of drug-likeness (QED) is 0.707. The first-order valence-electron chi connectivity index (χ1n) is 5.56. The van der Waals surface area contributed by atoms with Crippen molar-refractivity contribution < 1.29 is 0 Å². The van der Waals surface area contributed by atoms with E-state index >= 15 is 0 Å². The van der Waals surface area contributed by atoms with Crippen molar-refractivity contribution in [3.05, 3.63) is 58.6 Å². The van der Waals surface area contributed by atoms with Crippen LogP contribution in [0.25, 0.3) is 22.2 Å². The molecule has 0 aliphatic carbocycles. The highest BCUT2D eigenvalue weighted by Crippen LogP contribution is 2.31. The summed E-state index contributed by atoms with van der Waals surface area (Å²) in [5.74, 6) is 0. The Morgan fingerprint density at radius 2 is 1.83 bits per heavy atom. The maximum absolute atomic E-state index is 9.37. The number of nitriles is 1. The van der Waals surface area contributed by atoms with Gasteiger partial charge in [-0.2, -0.15) is 5.26 Å². The zero-order valence-electron chi connectivity index (χ0n) is 9.44. The van der Waals surface area contributed by atoms with Gasteiger partial charge in [-0.3, -0.25) is 0 Å². The van der Waals surface area contributed by atoms with Crippen LogP contribution >= 0.6 is 15.9 Å². The van der Waals surface area contributed by atoms with Crippen LogP contribution in [0.3, 0.4) is 0 Å². The molecular formula is C15H9BrN2. The zero-order chi connectivity index (χ0) is 12.5. The molecule has 3 rings (SSSR count). The number of aromatic amines is 1. The van der Waals surface area contributed by atoms with E-state index in [-0.39, 0.29) is 0 Å². The topological polar surface area (TPSA) is 39.6 Å². The van der Waals surface area contributed by atoms with E-state index in [9.17, 15) is 5.26 Å². The lowest BCUT2D eigenvalue weighted by Gasteiger charge is -1.97. The molecular weight excluding hydrogens is 288 g/mol. The lowest BCUT2D eigenvalue weighted by atomic mass is 10.1. The first kappa shape index (κ1) is 11.1. The summed E-state index contributed by atoms with van der Waals surface area (Å²) in [5.41, 5.74) is 3.58. The van der Waals surface area contributed by atoms with Gasteiger partial charge in [0.25, 0.3) is 0 Å². The lowest BCUT2D eigenvalue weighted by Crippen LogP contribution is -1.80. The van der Waals surface area contributed by atoms with Gasteiger partial charge in [-0.05, 0) is 23.8 Å². The monoisotopic (exact) mass is 296 g/mol. The molecule has 0 spiro atoms. The molecule has 1 N–H and O–H groups in total. The Labute approximate surface area is 113 Å². The van der Waals surface area contributed by atoms with Gasteiger partial charge in [0.15, 0.2) is 0 Å². The number of hydrogen-bond donors (Lipinski definition) is 1. The van der Waals surface area contributed by atoms with Crippen molar-refractivity contribution in [3.63, 3.8) is 0 Å². The number of rotatable bonds is 1. The standard InChI is InChI=1S/C15H9BrN2/c16-11-6-7-14-12(8-11)13(9-17)15(18-14)10-4-2-1-3-5-10/h1-8,18H. The average molecular weight is 297 g/mol. The van der Waals surface area contributed by atoms with E-state index in [0.29, 0.717) is 5.56 Å². The van der Waals surface area contributed by atoms with E-state index in [1.165, 1.54) is 0 Å². The molecule has 3 heteroatoms. The molecule has 0 saturated heterocycles. The maximum Gasteiger partial charge on any atom is 0.102 e. The minimum atomic E-state index is 0.692. The number of nitrogens with zero attached hydrogens (tertiary/aromatic N) is 1.